The van der Waals surface area contributed by atoms with Crippen molar-refractivity contribution >= 4 is 23.6 Å². The van der Waals surface area contributed by atoms with Crippen molar-refractivity contribution in [1.82, 2.24) is 0 Å². The molecule has 162 valence electrons. The van der Waals surface area contributed by atoms with Gasteiger partial charge < -0.3 is 0 Å². The van der Waals surface area contributed by atoms with Crippen molar-refractivity contribution < 1.29 is 13.0 Å². The fourth-order valence-corrected chi connectivity index (χ4v) is 4.16. The molecule has 5 heteroatoms. The van der Waals surface area contributed by atoms with Crippen molar-refractivity contribution in [2.45, 2.75) is 40.5 Å². The number of hydrogen-bond acceptors (Lipinski definition) is 2. The summed E-state index contributed by atoms with van der Waals surface area (Å²) in [6.07, 6.45) is 1.33. The summed E-state index contributed by atoms with van der Waals surface area (Å²) in [5.74, 6) is -0.108. The van der Waals surface area contributed by atoms with Crippen LogP contribution >= 0.6 is 13.5 Å². The zero-order valence-electron chi connectivity index (χ0n) is 18.1. The summed E-state index contributed by atoms with van der Waals surface area (Å²) in [6.45, 7) is 8.44. The lowest BCUT2D eigenvalue weighted by Crippen LogP contribution is -2.02. The van der Waals surface area contributed by atoms with Gasteiger partial charge in [0.05, 0.1) is 5.75 Å². The predicted octanol–water partition coefficient (Wildman–Crippen LogP) is 6.73. The van der Waals surface area contributed by atoms with E-state index in [4.69, 9.17) is 4.55 Å². The van der Waals surface area contributed by atoms with Gasteiger partial charge in [0, 0.05) is 0 Å². The molecule has 3 rings (SSSR count). The van der Waals surface area contributed by atoms with E-state index < -0.39 is 10.1 Å². The quantitative estimate of drug-likeness (QED) is 0.444. The Labute approximate surface area is 188 Å². The minimum Gasteiger partial charge on any atom is -0.286 e. The average Bonchev–Trinajstić information content (AvgIpc) is 2.67. The van der Waals surface area contributed by atoms with Crippen LogP contribution in [0.3, 0.4) is 0 Å². The highest BCUT2D eigenvalue weighted by Crippen LogP contribution is 2.36. The van der Waals surface area contributed by atoms with Gasteiger partial charge in [0.2, 0.25) is 0 Å². The molecular formula is C25H32O3S2. The summed E-state index contributed by atoms with van der Waals surface area (Å²) in [7, 11) is -3.69. The van der Waals surface area contributed by atoms with Crippen molar-refractivity contribution in [2.75, 3.05) is 5.75 Å². The van der Waals surface area contributed by atoms with Crippen molar-refractivity contribution in [3.05, 3.63) is 83.4 Å². The van der Waals surface area contributed by atoms with E-state index >= 15 is 0 Å². The maximum atomic E-state index is 9.95. The molecule has 0 aliphatic carbocycles. The molecule has 0 atom stereocenters. The van der Waals surface area contributed by atoms with Crippen LogP contribution in [0.5, 0.6) is 0 Å². The van der Waals surface area contributed by atoms with E-state index in [2.05, 4.69) is 87.5 Å². The molecule has 0 spiro atoms. The van der Waals surface area contributed by atoms with Gasteiger partial charge >= 0.3 is 0 Å². The third-order valence-corrected chi connectivity index (χ3v) is 5.52. The monoisotopic (exact) mass is 444 g/mol. The highest BCUT2D eigenvalue weighted by Gasteiger charge is 2.11. The van der Waals surface area contributed by atoms with E-state index in [0.29, 0.717) is 6.42 Å². The van der Waals surface area contributed by atoms with E-state index in [-0.39, 0.29) is 19.2 Å². The lowest BCUT2D eigenvalue weighted by Gasteiger charge is -2.16. The largest absolute Gasteiger partial charge is 0.286 e. The Balaban J connectivity index is 0.000000431. The molecule has 3 nitrogen and oxygen atoms in total. The fraction of sp³-hybridized carbons (Fsp3) is 0.280. The molecule has 0 amide bonds. The van der Waals surface area contributed by atoms with E-state index in [1.54, 1.807) is 0 Å². The second-order valence-electron chi connectivity index (χ2n) is 7.32. The Morgan fingerprint density at radius 3 is 1.77 bits per heavy atom. The lowest BCUT2D eigenvalue weighted by molar-refractivity contribution is 0.480. The molecule has 0 bridgehead atoms. The van der Waals surface area contributed by atoms with Gasteiger partial charge in [-0.3, -0.25) is 4.55 Å². The number of aryl methyl sites for hydroxylation is 3. The average molecular weight is 445 g/mol. The minimum atomic E-state index is -3.69. The van der Waals surface area contributed by atoms with Crippen molar-refractivity contribution in [1.29, 1.82) is 0 Å². The molecule has 0 aliphatic rings. The molecule has 0 saturated carbocycles. The molecule has 0 aliphatic heterocycles. The molecule has 1 N–H and O–H groups in total. The summed E-state index contributed by atoms with van der Waals surface area (Å²) < 4.78 is 28.0. The summed E-state index contributed by atoms with van der Waals surface area (Å²) in [6, 6.07) is 23.8. The smallest absolute Gasteiger partial charge is 0.264 e. The first-order valence-electron chi connectivity index (χ1n) is 9.90. The number of rotatable bonds is 5. The van der Waals surface area contributed by atoms with Gasteiger partial charge in [-0.25, -0.2) is 0 Å². The maximum absolute atomic E-state index is 9.95. The van der Waals surface area contributed by atoms with Crippen LogP contribution < -0.4 is 0 Å². The summed E-state index contributed by atoms with van der Waals surface area (Å²) in [5, 5.41) is 0. The molecule has 0 aromatic heterocycles. The molecular weight excluding hydrogens is 412 g/mol. The highest BCUT2D eigenvalue weighted by atomic mass is 32.2. The van der Waals surface area contributed by atoms with Gasteiger partial charge in [-0.2, -0.15) is 21.9 Å². The third kappa shape index (κ3) is 7.63. The van der Waals surface area contributed by atoms with E-state index in [1.807, 2.05) is 6.92 Å². The van der Waals surface area contributed by atoms with E-state index in [1.165, 1.54) is 38.9 Å². The minimum absolute atomic E-state index is 0. The van der Waals surface area contributed by atoms with E-state index in [0.717, 1.165) is 6.42 Å². The zero-order chi connectivity index (χ0) is 21.4. The van der Waals surface area contributed by atoms with Crippen LogP contribution in [0.1, 0.15) is 36.5 Å². The van der Waals surface area contributed by atoms with Crippen LogP contribution in [0.2, 0.25) is 0 Å². The SMILES string of the molecule is CCCCS(=O)(=O)O.Cc1cc(C)c(-c2ccccc2-c2ccccc2)c(C)c1.S. The Kier molecular flexibility index (Phi) is 10.3. The zero-order valence-corrected chi connectivity index (χ0v) is 20.0. The number of hydrogen-bond donors (Lipinski definition) is 1. The second kappa shape index (κ2) is 11.9. The lowest BCUT2D eigenvalue weighted by atomic mass is 9.88. The Morgan fingerprint density at radius 2 is 1.30 bits per heavy atom. The van der Waals surface area contributed by atoms with Crippen molar-refractivity contribution in [2.24, 2.45) is 0 Å². The molecule has 3 aromatic carbocycles. The highest BCUT2D eigenvalue weighted by molar-refractivity contribution is 7.85. The third-order valence-electron chi connectivity index (χ3n) is 4.71. The van der Waals surface area contributed by atoms with Crippen molar-refractivity contribution in [3.63, 3.8) is 0 Å². The molecule has 0 unspecified atom stereocenters. The molecule has 0 heterocycles. The molecule has 0 radical (unpaired) electrons. The molecule has 3 aromatic rings. The van der Waals surface area contributed by atoms with Gasteiger partial charge in [-0.15, -0.1) is 0 Å². The van der Waals surface area contributed by atoms with Crippen LogP contribution in [0, 0.1) is 20.8 Å². The Hall–Kier alpha value is -2.08. The predicted molar refractivity (Wildman–Crippen MR) is 133 cm³/mol. The van der Waals surface area contributed by atoms with Crippen molar-refractivity contribution in [3.8, 4) is 22.3 Å². The first-order valence-corrected chi connectivity index (χ1v) is 11.5. The first kappa shape index (κ1) is 26.0. The van der Waals surface area contributed by atoms with Crippen LogP contribution in [-0.4, -0.2) is 18.7 Å². The summed E-state index contributed by atoms with van der Waals surface area (Å²) in [4.78, 5) is 0. The second-order valence-corrected chi connectivity index (χ2v) is 8.90. The number of unbranched alkanes of at least 4 members (excludes halogenated alkanes) is 1. The topological polar surface area (TPSA) is 54.4 Å². The summed E-state index contributed by atoms with van der Waals surface area (Å²) in [5.41, 5.74) is 9.26. The number of benzene rings is 3. The molecule has 30 heavy (non-hydrogen) atoms. The van der Waals surface area contributed by atoms with Gasteiger partial charge in [0.1, 0.15) is 0 Å². The molecule has 0 saturated heterocycles. The van der Waals surface area contributed by atoms with Crippen LogP contribution in [-0.2, 0) is 10.1 Å². The molecule has 0 fully saturated rings. The Bertz CT molecular complexity index is 1020. The van der Waals surface area contributed by atoms with Crippen LogP contribution in [0.25, 0.3) is 22.3 Å². The maximum Gasteiger partial charge on any atom is 0.264 e. The standard InChI is InChI=1S/C21H20.C4H10O3S.H2S/c1-15-13-16(2)21(17(3)14-15)20-12-8-7-11-19(20)18-9-5-4-6-10-18;1-2-3-4-8(5,6)7;/h4-14H,1-3H3;2-4H2,1H3,(H,5,6,7);1H2. The summed E-state index contributed by atoms with van der Waals surface area (Å²) >= 11 is 0. The first-order chi connectivity index (χ1) is 13.7. The van der Waals surface area contributed by atoms with E-state index in [9.17, 15) is 8.42 Å². The normalized spacial score (nSPS) is 10.6. The van der Waals surface area contributed by atoms with Gasteiger partial charge in [-0.1, -0.05) is 85.6 Å². The van der Waals surface area contributed by atoms with Gasteiger partial charge in [0.25, 0.3) is 10.1 Å². The fourth-order valence-electron chi connectivity index (χ4n) is 3.50. The van der Waals surface area contributed by atoms with Gasteiger partial charge in [0.15, 0.2) is 0 Å². The van der Waals surface area contributed by atoms with Gasteiger partial charge in [-0.05, 0) is 60.6 Å². The Morgan fingerprint density at radius 1 is 0.800 bits per heavy atom. The van der Waals surface area contributed by atoms with Crippen LogP contribution in [0.4, 0.5) is 0 Å². The van der Waals surface area contributed by atoms with Crippen LogP contribution in [0.15, 0.2) is 66.7 Å².